The van der Waals surface area contributed by atoms with E-state index in [-0.39, 0.29) is 6.04 Å². The quantitative estimate of drug-likeness (QED) is 0.881. The van der Waals surface area contributed by atoms with Crippen molar-refractivity contribution in [2.45, 2.75) is 32.2 Å². The number of aryl methyl sites for hydroxylation is 1. The fourth-order valence-electron chi connectivity index (χ4n) is 2.21. The van der Waals surface area contributed by atoms with Crippen LogP contribution >= 0.6 is 15.9 Å². The Bertz CT molecular complexity index is 502. The molecule has 2 rings (SSSR count). The summed E-state index contributed by atoms with van der Waals surface area (Å²) >= 11 is 3.45. The van der Waals surface area contributed by atoms with Crippen LogP contribution in [0.5, 0.6) is 0 Å². The van der Waals surface area contributed by atoms with Gasteiger partial charge in [0.25, 0.3) is 0 Å². The molecule has 19 heavy (non-hydrogen) atoms. The second-order valence-electron chi connectivity index (χ2n) is 4.96. The molecular weight excluding hydrogens is 298 g/mol. The first-order valence-electron chi connectivity index (χ1n) is 6.75. The third-order valence-corrected chi connectivity index (χ3v) is 3.87. The molecule has 0 radical (unpaired) electrons. The largest absolute Gasteiger partial charge is 0.327 e. The molecule has 0 saturated carbocycles. The summed E-state index contributed by atoms with van der Waals surface area (Å²) in [5, 5.41) is 0. The van der Waals surface area contributed by atoms with Crippen LogP contribution < -0.4 is 5.73 Å². The maximum atomic E-state index is 6.23. The minimum absolute atomic E-state index is 0.175. The molecule has 2 heteroatoms. The van der Waals surface area contributed by atoms with Gasteiger partial charge in [-0.25, -0.2) is 0 Å². The molecule has 2 aromatic rings. The topological polar surface area (TPSA) is 26.0 Å². The van der Waals surface area contributed by atoms with E-state index >= 15 is 0 Å². The Morgan fingerprint density at radius 3 is 1.74 bits per heavy atom. The Morgan fingerprint density at radius 2 is 1.26 bits per heavy atom. The van der Waals surface area contributed by atoms with E-state index in [1.807, 2.05) is 0 Å². The van der Waals surface area contributed by atoms with Gasteiger partial charge in [0.15, 0.2) is 0 Å². The van der Waals surface area contributed by atoms with E-state index in [1.54, 1.807) is 0 Å². The summed E-state index contributed by atoms with van der Waals surface area (Å²) in [6.07, 6.45) is 2.94. The van der Waals surface area contributed by atoms with Crippen LogP contribution in [-0.4, -0.2) is 6.04 Å². The van der Waals surface area contributed by atoms with E-state index in [9.17, 15) is 0 Å². The standard InChI is InChI=1S/C17H20BrN/c1-2-13-3-5-14(6-4-13)11-17(19)12-15-7-9-16(18)10-8-15/h3-10,17H,2,11-12,19H2,1H3. The molecule has 0 aliphatic rings. The van der Waals surface area contributed by atoms with Crippen molar-refractivity contribution in [3.63, 3.8) is 0 Å². The summed E-state index contributed by atoms with van der Waals surface area (Å²) in [7, 11) is 0. The molecule has 2 aromatic carbocycles. The predicted octanol–water partition coefficient (Wildman–Crippen LogP) is 4.12. The smallest absolute Gasteiger partial charge is 0.0175 e. The number of benzene rings is 2. The molecule has 0 aliphatic heterocycles. The molecule has 1 unspecified atom stereocenters. The summed E-state index contributed by atoms with van der Waals surface area (Å²) in [4.78, 5) is 0. The van der Waals surface area contributed by atoms with Gasteiger partial charge in [0.05, 0.1) is 0 Å². The second kappa shape index (κ2) is 6.88. The maximum Gasteiger partial charge on any atom is 0.0175 e. The summed E-state index contributed by atoms with van der Waals surface area (Å²) in [5.74, 6) is 0. The van der Waals surface area contributed by atoms with Gasteiger partial charge < -0.3 is 5.73 Å². The van der Waals surface area contributed by atoms with Crippen LogP contribution in [0.15, 0.2) is 53.0 Å². The highest BCUT2D eigenvalue weighted by Crippen LogP contribution is 2.13. The van der Waals surface area contributed by atoms with Crippen molar-refractivity contribution in [3.05, 3.63) is 69.7 Å². The monoisotopic (exact) mass is 317 g/mol. The zero-order valence-electron chi connectivity index (χ0n) is 11.3. The Morgan fingerprint density at radius 1 is 0.842 bits per heavy atom. The van der Waals surface area contributed by atoms with E-state index < -0.39 is 0 Å². The third-order valence-electron chi connectivity index (χ3n) is 3.34. The zero-order chi connectivity index (χ0) is 13.7. The molecule has 0 spiro atoms. The summed E-state index contributed by atoms with van der Waals surface area (Å²) in [6.45, 7) is 2.17. The normalized spacial score (nSPS) is 12.4. The van der Waals surface area contributed by atoms with Crippen molar-refractivity contribution in [3.8, 4) is 0 Å². The molecule has 0 saturated heterocycles. The number of rotatable bonds is 5. The van der Waals surface area contributed by atoms with Crippen molar-refractivity contribution in [1.82, 2.24) is 0 Å². The Hall–Kier alpha value is -1.12. The Labute approximate surface area is 124 Å². The van der Waals surface area contributed by atoms with E-state index in [1.165, 1.54) is 16.7 Å². The third kappa shape index (κ3) is 4.48. The first kappa shape index (κ1) is 14.3. The average molecular weight is 318 g/mol. The average Bonchev–Trinajstić information content (AvgIpc) is 2.42. The number of hydrogen-bond acceptors (Lipinski definition) is 1. The van der Waals surface area contributed by atoms with E-state index in [4.69, 9.17) is 5.73 Å². The molecule has 0 bridgehead atoms. The van der Waals surface area contributed by atoms with Crippen molar-refractivity contribution >= 4 is 15.9 Å². The van der Waals surface area contributed by atoms with Crippen LogP contribution in [-0.2, 0) is 19.3 Å². The predicted molar refractivity (Wildman–Crippen MR) is 85.3 cm³/mol. The molecule has 0 amide bonds. The molecule has 1 nitrogen and oxygen atoms in total. The van der Waals surface area contributed by atoms with E-state index in [2.05, 4.69) is 71.4 Å². The molecule has 100 valence electrons. The van der Waals surface area contributed by atoms with Crippen molar-refractivity contribution < 1.29 is 0 Å². The van der Waals surface area contributed by atoms with Gasteiger partial charge in [-0.1, -0.05) is 59.3 Å². The van der Waals surface area contributed by atoms with Gasteiger partial charge in [-0.05, 0) is 48.1 Å². The number of nitrogens with two attached hydrogens (primary N) is 1. The summed E-state index contributed by atoms with van der Waals surface area (Å²) in [6, 6.07) is 17.3. The van der Waals surface area contributed by atoms with Crippen LogP contribution in [0.25, 0.3) is 0 Å². The van der Waals surface area contributed by atoms with Crippen LogP contribution in [0.1, 0.15) is 23.6 Å². The molecule has 1 atom stereocenters. The SMILES string of the molecule is CCc1ccc(CC(N)Cc2ccc(Br)cc2)cc1. The highest BCUT2D eigenvalue weighted by atomic mass is 79.9. The first-order valence-corrected chi connectivity index (χ1v) is 7.54. The first-order chi connectivity index (χ1) is 9.17. The van der Waals surface area contributed by atoms with Crippen LogP contribution in [0.3, 0.4) is 0 Å². The van der Waals surface area contributed by atoms with Crippen LogP contribution in [0.4, 0.5) is 0 Å². The van der Waals surface area contributed by atoms with Gasteiger partial charge in [0.1, 0.15) is 0 Å². The lowest BCUT2D eigenvalue weighted by molar-refractivity contribution is 0.664. The number of halogens is 1. The molecule has 0 fully saturated rings. The van der Waals surface area contributed by atoms with Crippen LogP contribution in [0, 0.1) is 0 Å². The molecular formula is C17H20BrN. The van der Waals surface area contributed by atoms with Crippen molar-refractivity contribution in [2.75, 3.05) is 0 Å². The minimum atomic E-state index is 0.175. The van der Waals surface area contributed by atoms with Crippen molar-refractivity contribution in [2.24, 2.45) is 5.73 Å². The second-order valence-corrected chi connectivity index (χ2v) is 5.88. The fourth-order valence-corrected chi connectivity index (χ4v) is 2.47. The van der Waals surface area contributed by atoms with Gasteiger partial charge >= 0.3 is 0 Å². The highest BCUT2D eigenvalue weighted by molar-refractivity contribution is 9.10. The van der Waals surface area contributed by atoms with Crippen molar-refractivity contribution in [1.29, 1.82) is 0 Å². The minimum Gasteiger partial charge on any atom is -0.327 e. The van der Waals surface area contributed by atoms with Gasteiger partial charge in [0, 0.05) is 10.5 Å². The highest BCUT2D eigenvalue weighted by Gasteiger charge is 2.05. The lowest BCUT2D eigenvalue weighted by atomic mass is 9.99. The van der Waals surface area contributed by atoms with Gasteiger partial charge in [-0.3, -0.25) is 0 Å². The zero-order valence-corrected chi connectivity index (χ0v) is 12.9. The summed E-state index contributed by atoms with van der Waals surface area (Å²) in [5.41, 5.74) is 10.2. The van der Waals surface area contributed by atoms with Crippen LogP contribution in [0.2, 0.25) is 0 Å². The maximum absolute atomic E-state index is 6.23. The lowest BCUT2D eigenvalue weighted by Crippen LogP contribution is -2.25. The Kier molecular flexibility index (Phi) is 5.17. The van der Waals surface area contributed by atoms with Gasteiger partial charge in [0.2, 0.25) is 0 Å². The van der Waals surface area contributed by atoms with E-state index in [0.29, 0.717) is 0 Å². The van der Waals surface area contributed by atoms with E-state index in [0.717, 1.165) is 23.7 Å². The molecule has 0 aromatic heterocycles. The fraction of sp³-hybridized carbons (Fsp3) is 0.294. The van der Waals surface area contributed by atoms with Gasteiger partial charge in [-0.2, -0.15) is 0 Å². The van der Waals surface area contributed by atoms with Gasteiger partial charge in [-0.15, -0.1) is 0 Å². The molecule has 0 aliphatic carbocycles. The number of hydrogen-bond donors (Lipinski definition) is 1. The summed E-state index contributed by atoms with van der Waals surface area (Å²) < 4.78 is 1.11. The Balaban J connectivity index is 1.92. The molecule has 0 heterocycles. The molecule has 2 N–H and O–H groups in total. The lowest BCUT2D eigenvalue weighted by Gasteiger charge is -2.12.